The van der Waals surface area contributed by atoms with E-state index in [1.165, 1.54) is 19.3 Å². The average Bonchev–Trinajstić information content (AvgIpc) is 2.70. The number of carbonyl (C=O) groups is 1. The molecule has 1 atom stereocenters. The lowest BCUT2D eigenvalue weighted by Gasteiger charge is -2.39. The fourth-order valence-electron chi connectivity index (χ4n) is 2.77. The Labute approximate surface area is 116 Å². The van der Waals surface area contributed by atoms with E-state index >= 15 is 0 Å². The molecule has 1 N–H and O–H groups in total. The number of rotatable bonds is 3. The Bertz CT molecular complexity index is 332. The fourth-order valence-corrected chi connectivity index (χ4v) is 2.77. The van der Waals surface area contributed by atoms with Crippen molar-refractivity contribution in [1.29, 1.82) is 0 Å². The summed E-state index contributed by atoms with van der Waals surface area (Å²) in [6.07, 6.45) is 4.90. The van der Waals surface area contributed by atoms with Crippen LogP contribution >= 0.6 is 0 Å². The minimum absolute atomic E-state index is 0.174. The predicted molar refractivity (Wildman–Crippen MR) is 76.2 cm³/mol. The van der Waals surface area contributed by atoms with Crippen LogP contribution in [0.1, 0.15) is 53.4 Å². The molecule has 2 aliphatic rings. The summed E-state index contributed by atoms with van der Waals surface area (Å²) in [6.45, 7) is 10.8. The summed E-state index contributed by atoms with van der Waals surface area (Å²) in [7, 11) is 0. The number of amides is 1. The normalized spacial score (nSPS) is 26.1. The molecule has 0 radical (unpaired) electrons. The highest BCUT2D eigenvalue weighted by molar-refractivity contribution is 5.68. The third-order valence-electron chi connectivity index (χ3n) is 4.22. The number of nitrogens with zero attached hydrogens (tertiary/aromatic N) is 1. The van der Waals surface area contributed by atoms with Crippen molar-refractivity contribution in [2.24, 2.45) is 5.41 Å². The van der Waals surface area contributed by atoms with Gasteiger partial charge >= 0.3 is 6.09 Å². The van der Waals surface area contributed by atoms with Crippen molar-refractivity contribution < 1.29 is 9.53 Å². The van der Waals surface area contributed by atoms with E-state index in [1.807, 2.05) is 25.7 Å². The average molecular weight is 268 g/mol. The number of hydrogen-bond acceptors (Lipinski definition) is 3. The van der Waals surface area contributed by atoms with Gasteiger partial charge in [0.15, 0.2) is 0 Å². The van der Waals surface area contributed by atoms with Gasteiger partial charge in [-0.2, -0.15) is 0 Å². The molecule has 2 rings (SSSR count). The van der Waals surface area contributed by atoms with Crippen molar-refractivity contribution in [2.75, 3.05) is 19.6 Å². The number of hydrogen-bond donors (Lipinski definition) is 1. The van der Waals surface area contributed by atoms with Gasteiger partial charge in [0.2, 0.25) is 0 Å². The summed E-state index contributed by atoms with van der Waals surface area (Å²) in [6, 6.07) is 0.435. The van der Waals surface area contributed by atoms with Gasteiger partial charge in [-0.15, -0.1) is 0 Å². The van der Waals surface area contributed by atoms with Gasteiger partial charge in [0, 0.05) is 25.7 Å². The van der Waals surface area contributed by atoms with Crippen LogP contribution in [-0.2, 0) is 4.74 Å². The summed E-state index contributed by atoms with van der Waals surface area (Å²) in [5, 5.41) is 3.62. The molecular weight excluding hydrogens is 240 g/mol. The third-order valence-corrected chi connectivity index (χ3v) is 4.22. The van der Waals surface area contributed by atoms with E-state index < -0.39 is 5.60 Å². The molecule has 0 aromatic carbocycles. The third kappa shape index (κ3) is 4.10. The first-order valence-electron chi connectivity index (χ1n) is 7.49. The van der Waals surface area contributed by atoms with Crippen LogP contribution in [0.5, 0.6) is 0 Å². The Morgan fingerprint density at radius 2 is 2.11 bits per heavy atom. The Hall–Kier alpha value is -0.770. The molecule has 0 aromatic heterocycles. The molecule has 2 fully saturated rings. The molecule has 19 heavy (non-hydrogen) atoms. The van der Waals surface area contributed by atoms with Gasteiger partial charge in [-0.1, -0.05) is 13.3 Å². The zero-order valence-corrected chi connectivity index (χ0v) is 12.8. The Morgan fingerprint density at radius 1 is 1.42 bits per heavy atom. The molecule has 1 saturated carbocycles. The van der Waals surface area contributed by atoms with E-state index in [1.54, 1.807) is 0 Å². The molecule has 110 valence electrons. The fraction of sp³-hybridized carbons (Fsp3) is 0.933. The van der Waals surface area contributed by atoms with Crippen LogP contribution in [0.25, 0.3) is 0 Å². The minimum atomic E-state index is -0.401. The first kappa shape index (κ1) is 14.6. The number of nitrogens with one attached hydrogen (secondary N) is 1. The van der Waals surface area contributed by atoms with E-state index in [-0.39, 0.29) is 6.09 Å². The molecule has 1 aliphatic heterocycles. The number of likely N-dealkylation sites (tertiary alicyclic amines) is 1. The first-order chi connectivity index (χ1) is 8.77. The Kier molecular flexibility index (Phi) is 4.09. The van der Waals surface area contributed by atoms with Crippen LogP contribution in [0.4, 0.5) is 4.79 Å². The second kappa shape index (κ2) is 5.31. The molecule has 1 saturated heterocycles. The first-order valence-corrected chi connectivity index (χ1v) is 7.49. The smallest absolute Gasteiger partial charge is 0.410 e. The van der Waals surface area contributed by atoms with Crippen molar-refractivity contribution in [3.8, 4) is 0 Å². The van der Waals surface area contributed by atoms with Crippen molar-refractivity contribution in [2.45, 2.75) is 65.0 Å². The molecule has 4 heteroatoms. The molecule has 4 nitrogen and oxygen atoms in total. The van der Waals surface area contributed by atoms with Crippen molar-refractivity contribution in [1.82, 2.24) is 10.2 Å². The SMILES string of the molecule is CC1(CN[C@H]2CCN(C(=O)OC(C)(C)C)C2)CCC1. The van der Waals surface area contributed by atoms with Crippen LogP contribution in [0.15, 0.2) is 0 Å². The van der Waals surface area contributed by atoms with Crippen molar-refractivity contribution in [3.63, 3.8) is 0 Å². The molecule has 0 aromatic rings. The van der Waals surface area contributed by atoms with E-state index in [2.05, 4.69) is 12.2 Å². The Morgan fingerprint density at radius 3 is 2.63 bits per heavy atom. The second-order valence-electron chi connectivity index (χ2n) is 7.46. The number of ether oxygens (including phenoxy) is 1. The summed E-state index contributed by atoms with van der Waals surface area (Å²) in [5.41, 5.74) is 0.0986. The monoisotopic (exact) mass is 268 g/mol. The molecular formula is C15H28N2O2. The largest absolute Gasteiger partial charge is 0.444 e. The maximum absolute atomic E-state index is 12.0. The summed E-state index contributed by atoms with van der Waals surface area (Å²) < 4.78 is 5.41. The quantitative estimate of drug-likeness (QED) is 0.855. The summed E-state index contributed by atoms with van der Waals surface area (Å²) in [5.74, 6) is 0. The van der Waals surface area contributed by atoms with Gasteiger partial charge in [0.1, 0.15) is 5.60 Å². The highest BCUT2D eigenvalue weighted by Gasteiger charge is 2.34. The zero-order valence-electron chi connectivity index (χ0n) is 12.8. The minimum Gasteiger partial charge on any atom is -0.444 e. The Balaban J connectivity index is 1.72. The van der Waals surface area contributed by atoms with Gasteiger partial charge in [-0.25, -0.2) is 4.79 Å². The van der Waals surface area contributed by atoms with Crippen LogP contribution < -0.4 is 5.32 Å². The zero-order chi connectivity index (χ0) is 14.1. The van der Waals surface area contributed by atoms with E-state index in [0.717, 1.165) is 26.1 Å². The standard InChI is InChI=1S/C15H28N2O2/c1-14(2,3)19-13(18)17-9-6-12(10-17)16-11-15(4)7-5-8-15/h12,16H,5-11H2,1-4H3/t12-/m0/s1. The molecule has 1 heterocycles. The van der Waals surface area contributed by atoms with Crippen molar-refractivity contribution >= 4 is 6.09 Å². The molecule has 0 bridgehead atoms. The predicted octanol–water partition coefficient (Wildman–Crippen LogP) is 2.78. The van der Waals surface area contributed by atoms with Gasteiger partial charge < -0.3 is 15.0 Å². The summed E-state index contributed by atoms with van der Waals surface area (Å²) in [4.78, 5) is 13.8. The topological polar surface area (TPSA) is 41.6 Å². The lowest BCUT2D eigenvalue weighted by molar-refractivity contribution is 0.0290. The van der Waals surface area contributed by atoms with E-state index in [9.17, 15) is 4.79 Å². The van der Waals surface area contributed by atoms with Gasteiger partial charge in [-0.3, -0.25) is 0 Å². The van der Waals surface area contributed by atoms with Gasteiger partial charge in [-0.05, 0) is 45.4 Å². The van der Waals surface area contributed by atoms with Crippen LogP contribution in [-0.4, -0.2) is 42.3 Å². The molecule has 0 unspecified atom stereocenters. The maximum atomic E-state index is 12.0. The van der Waals surface area contributed by atoms with Crippen LogP contribution in [0, 0.1) is 5.41 Å². The lowest BCUT2D eigenvalue weighted by atomic mass is 9.70. The lowest BCUT2D eigenvalue weighted by Crippen LogP contribution is -2.43. The highest BCUT2D eigenvalue weighted by Crippen LogP contribution is 2.39. The van der Waals surface area contributed by atoms with E-state index in [4.69, 9.17) is 4.74 Å². The van der Waals surface area contributed by atoms with Gasteiger partial charge in [0.05, 0.1) is 0 Å². The van der Waals surface area contributed by atoms with Gasteiger partial charge in [0.25, 0.3) is 0 Å². The number of carbonyl (C=O) groups excluding carboxylic acids is 1. The summed E-state index contributed by atoms with van der Waals surface area (Å²) >= 11 is 0. The highest BCUT2D eigenvalue weighted by atomic mass is 16.6. The van der Waals surface area contributed by atoms with Crippen LogP contribution in [0.2, 0.25) is 0 Å². The molecule has 1 aliphatic carbocycles. The second-order valence-corrected chi connectivity index (χ2v) is 7.46. The van der Waals surface area contributed by atoms with Crippen LogP contribution in [0.3, 0.4) is 0 Å². The molecule has 0 spiro atoms. The molecule has 1 amide bonds. The maximum Gasteiger partial charge on any atom is 0.410 e. The van der Waals surface area contributed by atoms with E-state index in [0.29, 0.717) is 11.5 Å². The van der Waals surface area contributed by atoms with Crippen molar-refractivity contribution in [3.05, 3.63) is 0 Å².